The van der Waals surface area contributed by atoms with Crippen LogP contribution in [0.3, 0.4) is 0 Å². The fourth-order valence-corrected chi connectivity index (χ4v) is 3.10. The lowest BCUT2D eigenvalue weighted by atomic mass is 10.0. The van der Waals surface area contributed by atoms with E-state index in [0.29, 0.717) is 25.9 Å². The average molecular weight is 322 g/mol. The molecular weight excluding hydrogens is 300 g/mol. The van der Waals surface area contributed by atoms with Crippen LogP contribution in [-0.4, -0.2) is 30.3 Å². The van der Waals surface area contributed by atoms with E-state index in [1.54, 1.807) is 11.9 Å². The molecule has 0 saturated carbocycles. The van der Waals surface area contributed by atoms with Gasteiger partial charge in [-0.2, -0.15) is 0 Å². The van der Waals surface area contributed by atoms with Crippen LogP contribution in [0.2, 0.25) is 0 Å². The van der Waals surface area contributed by atoms with E-state index in [9.17, 15) is 9.59 Å². The van der Waals surface area contributed by atoms with E-state index >= 15 is 0 Å². The summed E-state index contributed by atoms with van der Waals surface area (Å²) in [6, 6.07) is 15.9. The van der Waals surface area contributed by atoms with Crippen molar-refractivity contribution in [3.8, 4) is 0 Å². The number of carbonyl (C=O) groups is 2. The standard InChI is InChI=1S/C20H22N2O2/c1-3-22(14-15-7-5-4-6-8-15)20(24)12-16-9-10-18-17(11-16)13-19(23)21(18)2/h4-11H,3,12-14H2,1-2H3. The largest absolute Gasteiger partial charge is 0.338 e. The average Bonchev–Trinajstić information content (AvgIpc) is 2.87. The van der Waals surface area contributed by atoms with Gasteiger partial charge in [-0.15, -0.1) is 0 Å². The highest BCUT2D eigenvalue weighted by Crippen LogP contribution is 2.28. The molecule has 0 unspecified atom stereocenters. The normalized spacial score (nSPS) is 13.1. The number of likely N-dealkylation sites (N-methyl/N-ethyl adjacent to an activating group) is 2. The van der Waals surface area contributed by atoms with Crippen LogP contribution >= 0.6 is 0 Å². The lowest BCUT2D eigenvalue weighted by molar-refractivity contribution is -0.130. The monoisotopic (exact) mass is 322 g/mol. The number of anilines is 1. The quantitative estimate of drug-likeness (QED) is 0.849. The first-order chi connectivity index (χ1) is 11.6. The zero-order valence-corrected chi connectivity index (χ0v) is 14.2. The highest BCUT2D eigenvalue weighted by atomic mass is 16.2. The first kappa shape index (κ1) is 16.2. The van der Waals surface area contributed by atoms with Crippen LogP contribution < -0.4 is 4.90 Å². The molecule has 0 fully saturated rings. The van der Waals surface area contributed by atoms with Crippen molar-refractivity contribution in [3.63, 3.8) is 0 Å². The van der Waals surface area contributed by atoms with Gasteiger partial charge < -0.3 is 9.80 Å². The van der Waals surface area contributed by atoms with Crippen LogP contribution in [-0.2, 0) is 29.0 Å². The van der Waals surface area contributed by atoms with Gasteiger partial charge in [0.2, 0.25) is 11.8 Å². The lowest BCUT2D eigenvalue weighted by Crippen LogP contribution is -2.31. The molecule has 0 aromatic heterocycles. The van der Waals surface area contributed by atoms with E-state index in [4.69, 9.17) is 0 Å². The maximum absolute atomic E-state index is 12.6. The Labute approximate surface area is 142 Å². The van der Waals surface area contributed by atoms with E-state index in [0.717, 1.165) is 22.4 Å². The Kier molecular flexibility index (Phi) is 4.65. The lowest BCUT2D eigenvalue weighted by Gasteiger charge is -2.21. The van der Waals surface area contributed by atoms with E-state index < -0.39 is 0 Å². The second-order valence-electron chi connectivity index (χ2n) is 6.16. The molecular formula is C20H22N2O2. The molecule has 2 amide bonds. The van der Waals surface area contributed by atoms with Crippen LogP contribution in [0, 0.1) is 0 Å². The summed E-state index contributed by atoms with van der Waals surface area (Å²) in [5.74, 6) is 0.215. The van der Waals surface area contributed by atoms with Crippen molar-refractivity contribution >= 4 is 17.5 Å². The van der Waals surface area contributed by atoms with Crippen LogP contribution in [0.15, 0.2) is 48.5 Å². The highest BCUT2D eigenvalue weighted by molar-refractivity contribution is 6.01. The zero-order chi connectivity index (χ0) is 17.1. The summed E-state index contributed by atoms with van der Waals surface area (Å²) >= 11 is 0. The first-order valence-electron chi connectivity index (χ1n) is 8.28. The van der Waals surface area contributed by atoms with Crippen LogP contribution in [0.25, 0.3) is 0 Å². The molecule has 124 valence electrons. The molecule has 0 N–H and O–H groups in total. The molecule has 3 rings (SSSR count). The maximum Gasteiger partial charge on any atom is 0.231 e. The molecule has 2 aromatic rings. The number of carbonyl (C=O) groups excluding carboxylic acids is 2. The van der Waals surface area contributed by atoms with Crippen molar-refractivity contribution in [3.05, 3.63) is 65.2 Å². The summed E-state index contributed by atoms with van der Waals surface area (Å²) in [5.41, 5.74) is 4.06. The third kappa shape index (κ3) is 3.32. The third-order valence-corrected chi connectivity index (χ3v) is 4.53. The second-order valence-corrected chi connectivity index (χ2v) is 6.16. The molecule has 0 atom stereocenters. The molecule has 1 aliphatic heterocycles. The SMILES string of the molecule is CCN(Cc1ccccc1)C(=O)Cc1ccc2c(c1)CC(=O)N2C. The van der Waals surface area contributed by atoms with Gasteiger partial charge in [0, 0.05) is 25.8 Å². The van der Waals surface area contributed by atoms with Gasteiger partial charge in [-0.25, -0.2) is 0 Å². The Morgan fingerprint density at radius 1 is 1.12 bits per heavy atom. The Bertz CT molecular complexity index is 755. The minimum absolute atomic E-state index is 0.104. The molecule has 4 heteroatoms. The molecule has 0 aliphatic carbocycles. The van der Waals surface area contributed by atoms with Crippen molar-refractivity contribution < 1.29 is 9.59 Å². The van der Waals surface area contributed by atoms with Gasteiger partial charge in [-0.3, -0.25) is 9.59 Å². The van der Waals surface area contributed by atoms with E-state index in [1.807, 2.05) is 60.4 Å². The smallest absolute Gasteiger partial charge is 0.231 e. The van der Waals surface area contributed by atoms with Gasteiger partial charge in [-0.1, -0.05) is 42.5 Å². The van der Waals surface area contributed by atoms with E-state index in [-0.39, 0.29) is 11.8 Å². The molecule has 2 aromatic carbocycles. The second kappa shape index (κ2) is 6.87. The summed E-state index contributed by atoms with van der Waals surface area (Å²) in [4.78, 5) is 27.9. The third-order valence-electron chi connectivity index (χ3n) is 4.53. The van der Waals surface area contributed by atoms with Crippen molar-refractivity contribution in [2.45, 2.75) is 26.3 Å². The summed E-state index contributed by atoms with van der Waals surface area (Å²) < 4.78 is 0. The minimum Gasteiger partial charge on any atom is -0.338 e. The zero-order valence-electron chi connectivity index (χ0n) is 14.2. The molecule has 0 radical (unpaired) electrons. The van der Waals surface area contributed by atoms with Gasteiger partial charge in [0.1, 0.15) is 0 Å². The van der Waals surface area contributed by atoms with E-state index in [2.05, 4.69) is 0 Å². The van der Waals surface area contributed by atoms with Gasteiger partial charge >= 0.3 is 0 Å². The Balaban J connectivity index is 1.70. The number of rotatable bonds is 5. The van der Waals surface area contributed by atoms with Crippen LogP contribution in [0.4, 0.5) is 5.69 Å². The Morgan fingerprint density at radius 2 is 1.88 bits per heavy atom. The summed E-state index contributed by atoms with van der Waals surface area (Å²) in [5, 5.41) is 0. The fraction of sp³-hybridized carbons (Fsp3) is 0.300. The van der Waals surface area contributed by atoms with Gasteiger partial charge in [0.15, 0.2) is 0 Å². The maximum atomic E-state index is 12.6. The topological polar surface area (TPSA) is 40.6 Å². The van der Waals surface area contributed by atoms with Gasteiger partial charge in [0.05, 0.1) is 12.8 Å². The predicted molar refractivity (Wildman–Crippen MR) is 94.8 cm³/mol. The Morgan fingerprint density at radius 3 is 2.58 bits per heavy atom. The number of benzene rings is 2. The van der Waals surface area contributed by atoms with Gasteiger partial charge in [-0.05, 0) is 29.7 Å². The minimum atomic E-state index is 0.104. The molecule has 0 saturated heterocycles. The molecule has 24 heavy (non-hydrogen) atoms. The van der Waals surface area contributed by atoms with Crippen LogP contribution in [0.1, 0.15) is 23.6 Å². The fourth-order valence-electron chi connectivity index (χ4n) is 3.10. The van der Waals surface area contributed by atoms with E-state index in [1.165, 1.54) is 0 Å². The summed E-state index contributed by atoms with van der Waals surface area (Å²) in [7, 11) is 1.79. The van der Waals surface area contributed by atoms with Crippen molar-refractivity contribution in [1.29, 1.82) is 0 Å². The van der Waals surface area contributed by atoms with Crippen LogP contribution in [0.5, 0.6) is 0 Å². The molecule has 0 bridgehead atoms. The highest BCUT2D eigenvalue weighted by Gasteiger charge is 2.24. The number of amides is 2. The molecule has 1 aliphatic rings. The predicted octanol–water partition coefficient (Wildman–Crippen LogP) is 2.80. The van der Waals surface area contributed by atoms with Crippen molar-refractivity contribution in [1.82, 2.24) is 4.90 Å². The first-order valence-corrected chi connectivity index (χ1v) is 8.28. The van der Waals surface area contributed by atoms with Gasteiger partial charge in [0.25, 0.3) is 0 Å². The number of fused-ring (bicyclic) bond motifs is 1. The molecule has 1 heterocycles. The number of hydrogen-bond donors (Lipinski definition) is 0. The number of hydrogen-bond acceptors (Lipinski definition) is 2. The molecule has 0 spiro atoms. The summed E-state index contributed by atoms with van der Waals surface area (Å²) in [6.45, 7) is 3.30. The van der Waals surface area contributed by atoms with Crippen molar-refractivity contribution in [2.75, 3.05) is 18.5 Å². The summed E-state index contributed by atoms with van der Waals surface area (Å²) in [6.07, 6.45) is 0.793. The van der Waals surface area contributed by atoms with Crippen molar-refractivity contribution in [2.24, 2.45) is 0 Å². The molecule has 4 nitrogen and oxygen atoms in total. The number of nitrogens with zero attached hydrogens (tertiary/aromatic N) is 2. The Hall–Kier alpha value is -2.62.